The number of amides is 1. The number of halogens is 3. The molecule has 2 N–H and O–H groups in total. The van der Waals surface area contributed by atoms with Crippen LogP contribution >= 0.6 is 0 Å². The fourth-order valence-electron chi connectivity index (χ4n) is 6.03. The van der Waals surface area contributed by atoms with Gasteiger partial charge in [0.1, 0.15) is 36.2 Å². The van der Waals surface area contributed by atoms with Crippen LogP contribution in [0, 0.1) is 17.5 Å². The lowest BCUT2D eigenvalue weighted by Crippen LogP contribution is -2.57. The number of aliphatic hydroxyl groups excluding tert-OH is 2. The normalized spacial score (nSPS) is 32.9. The van der Waals surface area contributed by atoms with Crippen molar-refractivity contribution in [1.82, 2.24) is 19.9 Å². The van der Waals surface area contributed by atoms with Crippen LogP contribution in [0.1, 0.15) is 38.1 Å². The van der Waals surface area contributed by atoms with Crippen LogP contribution in [0.2, 0.25) is 0 Å². The van der Waals surface area contributed by atoms with E-state index >= 15 is 0 Å². The Kier molecular flexibility index (Phi) is 8.61. The van der Waals surface area contributed by atoms with Gasteiger partial charge in [0.2, 0.25) is 0 Å². The van der Waals surface area contributed by atoms with E-state index in [1.165, 1.54) is 18.0 Å². The summed E-state index contributed by atoms with van der Waals surface area (Å²) in [6.07, 6.45) is 0.368. The molecule has 1 unspecified atom stereocenters. The highest BCUT2D eigenvalue weighted by Crippen LogP contribution is 2.36. The zero-order chi connectivity index (χ0) is 28.6. The largest absolute Gasteiger partial charge is 0.444 e. The Morgan fingerprint density at radius 1 is 1.07 bits per heavy atom. The van der Waals surface area contributed by atoms with E-state index in [1.807, 2.05) is 0 Å². The van der Waals surface area contributed by atoms with Gasteiger partial charge in [-0.3, -0.25) is 0 Å². The molecule has 40 heavy (non-hydrogen) atoms. The van der Waals surface area contributed by atoms with Gasteiger partial charge in [-0.1, -0.05) is 5.21 Å². The first-order chi connectivity index (χ1) is 19.2. The lowest BCUT2D eigenvalue weighted by molar-refractivity contribution is -0.217. The maximum atomic E-state index is 13.8. The Labute approximate surface area is 228 Å². The third-order valence-corrected chi connectivity index (χ3v) is 8.15. The van der Waals surface area contributed by atoms with Gasteiger partial charge in [0.15, 0.2) is 17.5 Å². The number of aliphatic hydroxyl groups is 2. The number of rotatable bonds is 8. The summed E-state index contributed by atoms with van der Waals surface area (Å²) in [5, 5.41) is 28.9. The molecule has 2 aliphatic heterocycles. The Morgan fingerprint density at radius 2 is 1.77 bits per heavy atom. The Hall–Kier alpha value is -2.78. The molecule has 0 bridgehead atoms. The molecular formula is C26H33F3N4O7. The third-order valence-electron chi connectivity index (χ3n) is 8.15. The number of nitrogens with zero attached hydrogens (tertiary/aromatic N) is 4. The summed E-state index contributed by atoms with van der Waals surface area (Å²) in [4.78, 5) is 14.5. The van der Waals surface area contributed by atoms with Crippen molar-refractivity contribution in [2.24, 2.45) is 0 Å². The van der Waals surface area contributed by atoms with Crippen LogP contribution in [-0.4, -0.2) is 106 Å². The number of hydrogen-bond donors (Lipinski definition) is 2. The zero-order valence-corrected chi connectivity index (χ0v) is 22.2. The van der Waals surface area contributed by atoms with Crippen molar-refractivity contribution in [3.8, 4) is 11.3 Å². The zero-order valence-electron chi connectivity index (χ0n) is 22.2. The van der Waals surface area contributed by atoms with Gasteiger partial charge in [-0.15, -0.1) is 5.10 Å². The van der Waals surface area contributed by atoms with Crippen LogP contribution in [0.3, 0.4) is 0 Å². The SMILES string of the molecule is COC1CCC(N2CC(C[C@H]3O[C@H](CO)[C@H](O)[C@H](n4cc(-c5cc(F)c(F)c(F)c5)nn4)[C@H]3OC)OC2=O)CC1. The number of hydrogen-bond acceptors (Lipinski definition) is 9. The van der Waals surface area contributed by atoms with Crippen molar-refractivity contribution >= 4 is 6.09 Å². The highest BCUT2D eigenvalue weighted by Gasteiger charge is 2.49. The van der Waals surface area contributed by atoms with E-state index in [2.05, 4.69) is 10.3 Å². The monoisotopic (exact) mass is 570 g/mol. The van der Waals surface area contributed by atoms with E-state index < -0.39 is 66.7 Å². The van der Waals surface area contributed by atoms with E-state index in [1.54, 1.807) is 12.0 Å². The average molecular weight is 571 g/mol. The topological polar surface area (TPSA) is 128 Å². The molecule has 1 aromatic heterocycles. The molecule has 3 fully saturated rings. The Balaban J connectivity index is 1.33. The molecule has 1 aromatic carbocycles. The second kappa shape index (κ2) is 12.0. The van der Waals surface area contributed by atoms with Gasteiger partial charge in [-0.05, 0) is 37.8 Å². The highest BCUT2D eigenvalue weighted by atomic mass is 19.2. The fraction of sp³-hybridized carbons (Fsp3) is 0.654. The second-order valence-corrected chi connectivity index (χ2v) is 10.5. The average Bonchev–Trinajstić information content (AvgIpc) is 3.58. The smallest absolute Gasteiger partial charge is 0.410 e. The minimum Gasteiger partial charge on any atom is -0.444 e. The van der Waals surface area contributed by atoms with Crippen LogP contribution in [0.15, 0.2) is 18.3 Å². The van der Waals surface area contributed by atoms with E-state index in [-0.39, 0.29) is 29.8 Å². The number of benzene rings is 1. The van der Waals surface area contributed by atoms with E-state index in [9.17, 15) is 28.2 Å². The number of carbonyl (C=O) groups excluding carboxylic acids is 1. The summed E-state index contributed by atoms with van der Waals surface area (Å²) < 4.78 is 65.1. The summed E-state index contributed by atoms with van der Waals surface area (Å²) in [7, 11) is 3.11. The maximum absolute atomic E-state index is 13.8. The van der Waals surface area contributed by atoms with Crippen molar-refractivity contribution in [1.29, 1.82) is 0 Å². The molecule has 3 aliphatic rings. The molecule has 2 saturated heterocycles. The number of aromatic nitrogens is 3. The molecule has 2 aromatic rings. The lowest BCUT2D eigenvalue weighted by Gasteiger charge is -2.44. The standard InChI is InChI=1S/C26H33F3N4O7/c1-37-15-5-3-14(4-6-15)32-10-16(39-26(32)36)9-20-25(38-2)23(24(35)21(12-34)40-20)33-11-19(30-31-33)13-7-17(27)22(29)18(28)8-13/h7-8,11,14-16,20-21,23-25,34-35H,3-6,9-10,12H2,1-2H3/t14?,15?,16?,20-,21-,23+,24+,25+/m1/s1. The summed E-state index contributed by atoms with van der Waals surface area (Å²) in [6.45, 7) is -0.149. The predicted molar refractivity (Wildman–Crippen MR) is 132 cm³/mol. The van der Waals surface area contributed by atoms with Crippen LogP contribution < -0.4 is 0 Å². The van der Waals surface area contributed by atoms with Crippen molar-refractivity contribution in [3.63, 3.8) is 0 Å². The van der Waals surface area contributed by atoms with E-state index in [0.717, 1.165) is 37.8 Å². The summed E-state index contributed by atoms with van der Waals surface area (Å²) >= 11 is 0. The highest BCUT2D eigenvalue weighted by molar-refractivity contribution is 5.70. The van der Waals surface area contributed by atoms with Gasteiger partial charge in [-0.25, -0.2) is 22.6 Å². The van der Waals surface area contributed by atoms with Gasteiger partial charge >= 0.3 is 6.09 Å². The minimum absolute atomic E-state index is 0.0343. The van der Waals surface area contributed by atoms with E-state index in [0.29, 0.717) is 6.54 Å². The van der Waals surface area contributed by atoms with Crippen molar-refractivity contribution in [2.75, 3.05) is 27.4 Å². The molecule has 0 spiro atoms. The van der Waals surface area contributed by atoms with Crippen molar-refractivity contribution in [3.05, 3.63) is 35.8 Å². The quantitative estimate of drug-likeness (QED) is 0.459. The predicted octanol–water partition coefficient (Wildman–Crippen LogP) is 2.21. The molecule has 1 amide bonds. The van der Waals surface area contributed by atoms with Crippen LogP contribution in [0.25, 0.3) is 11.3 Å². The summed E-state index contributed by atoms with van der Waals surface area (Å²) in [5.41, 5.74) is -0.0158. The second-order valence-electron chi connectivity index (χ2n) is 10.5. The van der Waals surface area contributed by atoms with Crippen LogP contribution in [0.4, 0.5) is 18.0 Å². The van der Waals surface area contributed by atoms with Gasteiger partial charge in [0.25, 0.3) is 0 Å². The number of ether oxygens (including phenoxy) is 4. The molecule has 1 saturated carbocycles. The van der Waals surface area contributed by atoms with Gasteiger partial charge in [0.05, 0.1) is 31.6 Å². The van der Waals surface area contributed by atoms with Gasteiger partial charge in [0, 0.05) is 32.2 Å². The van der Waals surface area contributed by atoms with Crippen molar-refractivity contribution < 1.29 is 47.1 Å². The molecule has 14 heteroatoms. The van der Waals surface area contributed by atoms with Gasteiger partial charge in [-0.2, -0.15) is 0 Å². The molecule has 220 valence electrons. The molecule has 0 radical (unpaired) electrons. The Bertz CT molecular complexity index is 1170. The third kappa shape index (κ3) is 5.55. The first kappa shape index (κ1) is 28.7. The molecular weight excluding hydrogens is 537 g/mol. The molecule has 1 aliphatic carbocycles. The molecule has 3 heterocycles. The lowest BCUT2D eigenvalue weighted by atomic mass is 9.89. The summed E-state index contributed by atoms with van der Waals surface area (Å²) in [5.74, 6) is -4.35. The fourth-order valence-corrected chi connectivity index (χ4v) is 6.03. The molecule has 11 nitrogen and oxygen atoms in total. The van der Waals surface area contributed by atoms with Crippen molar-refractivity contribution in [2.45, 2.75) is 80.8 Å². The van der Waals surface area contributed by atoms with Crippen LogP contribution in [-0.2, 0) is 18.9 Å². The number of carbonyl (C=O) groups is 1. The first-order valence-corrected chi connectivity index (χ1v) is 13.3. The molecule has 6 atom stereocenters. The first-order valence-electron chi connectivity index (χ1n) is 13.3. The number of methoxy groups -OCH3 is 2. The van der Waals surface area contributed by atoms with Gasteiger partial charge < -0.3 is 34.1 Å². The molecule has 5 rings (SSSR count). The van der Waals surface area contributed by atoms with Crippen LogP contribution in [0.5, 0.6) is 0 Å². The number of cyclic esters (lactones) is 1. The minimum atomic E-state index is -1.60. The maximum Gasteiger partial charge on any atom is 0.410 e. The van der Waals surface area contributed by atoms with E-state index in [4.69, 9.17) is 18.9 Å². The Morgan fingerprint density at radius 3 is 2.40 bits per heavy atom. The summed E-state index contributed by atoms with van der Waals surface area (Å²) in [6, 6.07) is 0.725.